The Kier molecular flexibility index (Phi) is 3.96. The molecule has 0 aliphatic carbocycles. The molecular formula is C18H14N2OS. The number of hydrogen-bond donors (Lipinski definition) is 0. The van der Waals surface area contributed by atoms with E-state index in [2.05, 4.69) is 42.4 Å². The summed E-state index contributed by atoms with van der Waals surface area (Å²) in [7, 11) is 0. The maximum Gasteiger partial charge on any atom is 0.240 e. The van der Waals surface area contributed by atoms with Crippen molar-refractivity contribution < 1.29 is 4.79 Å². The fraction of sp³-hybridized carbons (Fsp3) is 0.111. The van der Waals surface area contributed by atoms with Gasteiger partial charge in [-0.15, -0.1) is 11.3 Å². The summed E-state index contributed by atoms with van der Waals surface area (Å²) in [6, 6.07) is 13.8. The number of rotatable bonds is 3. The van der Waals surface area contributed by atoms with Crippen molar-refractivity contribution in [1.29, 1.82) is 0 Å². The van der Waals surface area contributed by atoms with E-state index in [1.54, 1.807) is 23.5 Å². The second-order valence-electron chi connectivity index (χ2n) is 5.11. The fourth-order valence-corrected chi connectivity index (χ4v) is 3.12. The van der Waals surface area contributed by atoms with Crippen molar-refractivity contribution in [1.82, 2.24) is 4.98 Å². The fourth-order valence-electron chi connectivity index (χ4n) is 2.30. The quantitative estimate of drug-likeness (QED) is 0.501. The van der Waals surface area contributed by atoms with E-state index < -0.39 is 0 Å². The molecule has 108 valence electrons. The zero-order valence-corrected chi connectivity index (χ0v) is 13.1. The maximum absolute atomic E-state index is 10.4. The van der Waals surface area contributed by atoms with Crippen LogP contribution in [-0.2, 0) is 4.79 Å². The van der Waals surface area contributed by atoms with Gasteiger partial charge in [0.1, 0.15) is 5.01 Å². The second kappa shape index (κ2) is 6.06. The molecule has 0 saturated carbocycles. The topological polar surface area (TPSA) is 42.3 Å². The highest BCUT2D eigenvalue weighted by molar-refractivity contribution is 7.13. The van der Waals surface area contributed by atoms with E-state index in [1.807, 2.05) is 18.2 Å². The molecule has 0 amide bonds. The monoisotopic (exact) mass is 306 g/mol. The van der Waals surface area contributed by atoms with Gasteiger partial charge in [-0.05, 0) is 37.6 Å². The maximum atomic E-state index is 10.4. The Balaban J connectivity index is 2.02. The molecule has 0 radical (unpaired) electrons. The van der Waals surface area contributed by atoms with Crippen LogP contribution in [-0.4, -0.2) is 11.1 Å². The van der Waals surface area contributed by atoms with Crippen LogP contribution in [0.3, 0.4) is 0 Å². The highest BCUT2D eigenvalue weighted by Gasteiger charge is 2.09. The molecule has 1 heterocycles. The molecule has 0 bridgehead atoms. The SMILES string of the molecule is Cc1ccc(C)c(-c2csc(-c3cccc(N=C=O)c3)n2)c1. The summed E-state index contributed by atoms with van der Waals surface area (Å²) in [5.74, 6) is 0. The lowest BCUT2D eigenvalue weighted by Gasteiger charge is -2.03. The Morgan fingerprint density at radius 3 is 2.82 bits per heavy atom. The Morgan fingerprint density at radius 1 is 1.14 bits per heavy atom. The Hall–Kier alpha value is -2.55. The molecule has 0 aliphatic rings. The lowest BCUT2D eigenvalue weighted by molar-refractivity contribution is 0.565. The molecule has 3 nitrogen and oxygen atoms in total. The van der Waals surface area contributed by atoms with Crippen LogP contribution >= 0.6 is 11.3 Å². The normalized spacial score (nSPS) is 10.3. The van der Waals surface area contributed by atoms with E-state index in [1.165, 1.54) is 11.1 Å². The number of thiazole rings is 1. The van der Waals surface area contributed by atoms with E-state index >= 15 is 0 Å². The van der Waals surface area contributed by atoms with Crippen LogP contribution in [0.4, 0.5) is 5.69 Å². The molecule has 4 heteroatoms. The van der Waals surface area contributed by atoms with Gasteiger partial charge in [0.15, 0.2) is 0 Å². The third-order valence-electron chi connectivity index (χ3n) is 3.44. The molecule has 0 fully saturated rings. The number of aliphatic imine (C=N–C) groups is 1. The van der Waals surface area contributed by atoms with Gasteiger partial charge in [-0.3, -0.25) is 0 Å². The Labute approximate surface area is 133 Å². The summed E-state index contributed by atoms with van der Waals surface area (Å²) in [6.45, 7) is 4.17. The number of benzene rings is 2. The van der Waals surface area contributed by atoms with Crippen LogP contribution in [0.2, 0.25) is 0 Å². The van der Waals surface area contributed by atoms with Crippen molar-refractivity contribution >= 4 is 23.1 Å². The summed E-state index contributed by atoms with van der Waals surface area (Å²) in [4.78, 5) is 18.8. The number of aromatic nitrogens is 1. The lowest BCUT2D eigenvalue weighted by atomic mass is 10.0. The van der Waals surface area contributed by atoms with Crippen molar-refractivity contribution in [2.45, 2.75) is 13.8 Å². The Morgan fingerprint density at radius 2 is 2.00 bits per heavy atom. The Bertz CT molecular complexity index is 876. The van der Waals surface area contributed by atoms with E-state index in [-0.39, 0.29) is 0 Å². The summed E-state index contributed by atoms with van der Waals surface area (Å²) >= 11 is 1.59. The molecule has 1 aromatic heterocycles. The molecule has 0 atom stereocenters. The zero-order chi connectivity index (χ0) is 15.5. The first-order chi connectivity index (χ1) is 10.7. The van der Waals surface area contributed by atoms with E-state index in [4.69, 9.17) is 4.98 Å². The number of isocyanates is 1. The molecule has 0 aliphatic heterocycles. The number of nitrogens with zero attached hydrogens (tertiary/aromatic N) is 2. The van der Waals surface area contributed by atoms with Crippen LogP contribution < -0.4 is 0 Å². The van der Waals surface area contributed by atoms with Crippen LogP contribution in [0.1, 0.15) is 11.1 Å². The molecular weight excluding hydrogens is 292 g/mol. The lowest BCUT2D eigenvalue weighted by Crippen LogP contribution is -1.85. The van der Waals surface area contributed by atoms with E-state index in [0.717, 1.165) is 21.8 Å². The molecule has 3 rings (SSSR count). The van der Waals surface area contributed by atoms with E-state index in [9.17, 15) is 4.79 Å². The average molecular weight is 306 g/mol. The van der Waals surface area contributed by atoms with Crippen molar-refractivity contribution in [2.24, 2.45) is 4.99 Å². The molecule has 0 saturated heterocycles. The third-order valence-corrected chi connectivity index (χ3v) is 4.33. The molecule has 2 aromatic carbocycles. The molecule has 0 N–H and O–H groups in total. The highest BCUT2D eigenvalue weighted by atomic mass is 32.1. The zero-order valence-electron chi connectivity index (χ0n) is 12.3. The summed E-state index contributed by atoms with van der Waals surface area (Å²) < 4.78 is 0. The van der Waals surface area contributed by atoms with Crippen LogP contribution in [0.5, 0.6) is 0 Å². The highest BCUT2D eigenvalue weighted by Crippen LogP contribution is 2.32. The largest absolute Gasteiger partial charge is 0.240 e. The third kappa shape index (κ3) is 2.89. The number of aryl methyl sites for hydroxylation is 2. The minimum absolute atomic E-state index is 0.594. The standard InChI is InChI=1S/C18H14N2OS/c1-12-6-7-13(2)16(8-12)17-10-22-18(20-17)14-4-3-5-15(9-14)19-11-21/h3-10H,1-2H3. The van der Waals surface area contributed by atoms with Crippen LogP contribution in [0.25, 0.3) is 21.8 Å². The predicted octanol–water partition coefficient (Wildman–Crippen LogP) is 5.06. The van der Waals surface area contributed by atoms with Gasteiger partial charge in [0, 0.05) is 16.5 Å². The molecule has 0 unspecified atom stereocenters. The first-order valence-electron chi connectivity index (χ1n) is 6.89. The van der Waals surface area contributed by atoms with Gasteiger partial charge in [0.05, 0.1) is 11.4 Å². The van der Waals surface area contributed by atoms with E-state index in [0.29, 0.717) is 5.69 Å². The van der Waals surface area contributed by atoms with Crippen molar-refractivity contribution in [3.8, 4) is 21.8 Å². The number of carbonyl (C=O) groups excluding carboxylic acids is 1. The summed E-state index contributed by atoms with van der Waals surface area (Å²) in [5.41, 5.74) is 6.11. The van der Waals surface area contributed by atoms with Gasteiger partial charge < -0.3 is 0 Å². The second-order valence-corrected chi connectivity index (χ2v) is 5.97. The molecule has 22 heavy (non-hydrogen) atoms. The molecule has 0 spiro atoms. The van der Waals surface area contributed by atoms with Gasteiger partial charge in [-0.2, -0.15) is 4.99 Å². The number of hydrogen-bond acceptors (Lipinski definition) is 4. The van der Waals surface area contributed by atoms with Crippen molar-refractivity contribution in [3.05, 3.63) is 59.0 Å². The van der Waals surface area contributed by atoms with Gasteiger partial charge >= 0.3 is 0 Å². The first kappa shape index (κ1) is 14.4. The van der Waals surface area contributed by atoms with Crippen LogP contribution in [0.15, 0.2) is 52.8 Å². The summed E-state index contributed by atoms with van der Waals surface area (Å²) in [5, 5.41) is 2.98. The van der Waals surface area contributed by atoms with Gasteiger partial charge in [-0.25, -0.2) is 9.78 Å². The molecule has 3 aromatic rings. The first-order valence-corrected chi connectivity index (χ1v) is 7.77. The minimum Gasteiger partial charge on any atom is -0.236 e. The van der Waals surface area contributed by atoms with Gasteiger partial charge in [0.25, 0.3) is 0 Å². The summed E-state index contributed by atoms with van der Waals surface area (Å²) in [6.07, 6.45) is 1.57. The smallest absolute Gasteiger partial charge is 0.236 e. The minimum atomic E-state index is 0.594. The van der Waals surface area contributed by atoms with Crippen molar-refractivity contribution in [3.63, 3.8) is 0 Å². The van der Waals surface area contributed by atoms with Gasteiger partial charge in [-0.1, -0.05) is 29.8 Å². The average Bonchev–Trinajstić information content (AvgIpc) is 3.00. The van der Waals surface area contributed by atoms with Crippen LogP contribution in [0, 0.1) is 13.8 Å². The van der Waals surface area contributed by atoms with Gasteiger partial charge in [0.2, 0.25) is 6.08 Å². The predicted molar refractivity (Wildman–Crippen MR) is 90.2 cm³/mol. The van der Waals surface area contributed by atoms with Crippen molar-refractivity contribution in [2.75, 3.05) is 0 Å².